The smallest absolute Gasteiger partial charge is 0.248 e. The van der Waals surface area contributed by atoms with Gasteiger partial charge in [0.15, 0.2) is 11.5 Å². The third kappa shape index (κ3) is 5.25. The molecule has 0 bridgehead atoms. The van der Waals surface area contributed by atoms with Gasteiger partial charge in [-0.25, -0.2) is 0 Å². The summed E-state index contributed by atoms with van der Waals surface area (Å²) in [6.45, 7) is 4.83. The average Bonchev–Trinajstić information content (AvgIpc) is 3.18. The van der Waals surface area contributed by atoms with Crippen LogP contribution in [-0.2, 0) is 11.3 Å². The summed E-state index contributed by atoms with van der Waals surface area (Å²) in [6, 6.07) is 13.0. The number of amides is 1. The Morgan fingerprint density at radius 1 is 1.03 bits per heavy atom. The van der Waals surface area contributed by atoms with Crippen LogP contribution in [0.25, 0.3) is 11.4 Å². The zero-order chi connectivity index (χ0) is 21.5. The number of aromatic nitrogens is 4. The number of hydrogen-bond donors (Lipinski definition) is 1. The zero-order valence-electron chi connectivity index (χ0n) is 17.6. The van der Waals surface area contributed by atoms with Crippen LogP contribution < -0.4 is 19.7 Å². The van der Waals surface area contributed by atoms with Crippen LogP contribution in [0.5, 0.6) is 11.5 Å². The van der Waals surface area contributed by atoms with Crippen molar-refractivity contribution >= 4 is 17.3 Å². The normalized spacial score (nSPS) is 10.5. The van der Waals surface area contributed by atoms with Crippen LogP contribution in [0.2, 0.25) is 0 Å². The van der Waals surface area contributed by atoms with E-state index in [-0.39, 0.29) is 12.5 Å². The highest BCUT2D eigenvalue weighted by Gasteiger charge is 2.13. The molecule has 1 amide bonds. The van der Waals surface area contributed by atoms with E-state index in [1.165, 1.54) is 4.80 Å². The van der Waals surface area contributed by atoms with Crippen LogP contribution in [0.1, 0.15) is 13.8 Å². The van der Waals surface area contributed by atoms with Crippen molar-refractivity contribution in [2.24, 2.45) is 0 Å². The first-order chi connectivity index (χ1) is 14.5. The van der Waals surface area contributed by atoms with Crippen LogP contribution in [0.15, 0.2) is 42.5 Å². The molecule has 1 N–H and O–H groups in total. The number of tetrazole rings is 1. The predicted octanol–water partition coefficient (Wildman–Crippen LogP) is 2.84. The maximum Gasteiger partial charge on any atom is 0.248 e. The Morgan fingerprint density at radius 2 is 1.73 bits per heavy atom. The number of carbonyl (C=O) groups is 1. The molecule has 30 heavy (non-hydrogen) atoms. The summed E-state index contributed by atoms with van der Waals surface area (Å²) in [4.78, 5) is 15.6. The number of carbonyl (C=O) groups excluding carboxylic acids is 1. The van der Waals surface area contributed by atoms with Crippen molar-refractivity contribution < 1.29 is 14.3 Å². The van der Waals surface area contributed by atoms with Gasteiger partial charge in [-0.05, 0) is 61.5 Å². The summed E-state index contributed by atoms with van der Waals surface area (Å²) in [6.07, 6.45) is 0. The summed E-state index contributed by atoms with van der Waals surface area (Å²) < 4.78 is 11.2. The fourth-order valence-corrected chi connectivity index (χ4v) is 2.79. The summed E-state index contributed by atoms with van der Waals surface area (Å²) in [5, 5.41) is 15.2. The molecule has 0 saturated heterocycles. The highest BCUT2D eigenvalue weighted by atomic mass is 16.5. The van der Waals surface area contributed by atoms with E-state index in [2.05, 4.69) is 20.7 Å². The Hall–Kier alpha value is -3.62. The molecule has 0 radical (unpaired) electrons. The van der Waals surface area contributed by atoms with E-state index in [9.17, 15) is 4.79 Å². The molecule has 0 saturated carbocycles. The Balaban J connectivity index is 1.67. The van der Waals surface area contributed by atoms with Gasteiger partial charge in [-0.3, -0.25) is 4.79 Å². The predicted molar refractivity (Wildman–Crippen MR) is 115 cm³/mol. The van der Waals surface area contributed by atoms with E-state index in [4.69, 9.17) is 9.47 Å². The van der Waals surface area contributed by atoms with E-state index in [0.29, 0.717) is 36.2 Å². The Labute approximate surface area is 175 Å². The van der Waals surface area contributed by atoms with E-state index >= 15 is 0 Å². The van der Waals surface area contributed by atoms with Crippen molar-refractivity contribution in [2.75, 3.05) is 37.5 Å². The molecule has 2 aromatic carbocycles. The molecule has 158 valence electrons. The lowest BCUT2D eigenvalue weighted by molar-refractivity contribution is -0.117. The summed E-state index contributed by atoms with van der Waals surface area (Å²) in [5.41, 5.74) is 2.49. The molecule has 3 rings (SSSR count). The molecule has 0 spiro atoms. The van der Waals surface area contributed by atoms with Gasteiger partial charge in [-0.15, -0.1) is 10.2 Å². The minimum absolute atomic E-state index is 0.0439. The molecule has 3 aromatic rings. The Bertz CT molecular complexity index is 985. The van der Waals surface area contributed by atoms with Gasteiger partial charge >= 0.3 is 0 Å². The third-order valence-corrected chi connectivity index (χ3v) is 4.21. The minimum Gasteiger partial charge on any atom is -0.490 e. The molecule has 0 atom stereocenters. The third-order valence-electron chi connectivity index (χ3n) is 4.21. The van der Waals surface area contributed by atoms with Crippen LogP contribution in [0.3, 0.4) is 0 Å². The van der Waals surface area contributed by atoms with Crippen molar-refractivity contribution in [3.05, 3.63) is 42.5 Å². The van der Waals surface area contributed by atoms with Crippen molar-refractivity contribution in [3.8, 4) is 22.9 Å². The molecule has 0 unspecified atom stereocenters. The lowest BCUT2D eigenvalue weighted by Gasteiger charge is -2.12. The Morgan fingerprint density at radius 3 is 2.40 bits per heavy atom. The van der Waals surface area contributed by atoms with Gasteiger partial charge in [0.2, 0.25) is 11.7 Å². The fourth-order valence-electron chi connectivity index (χ4n) is 2.79. The molecular formula is C21H26N6O3. The molecule has 9 heteroatoms. The van der Waals surface area contributed by atoms with Gasteiger partial charge < -0.3 is 19.7 Å². The average molecular weight is 410 g/mol. The summed E-state index contributed by atoms with van der Waals surface area (Å²) in [7, 11) is 3.92. The van der Waals surface area contributed by atoms with Gasteiger partial charge in [0.25, 0.3) is 0 Å². The number of anilines is 2. The van der Waals surface area contributed by atoms with E-state index in [1.807, 2.05) is 75.3 Å². The maximum atomic E-state index is 12.3. The quantitative estimate of drug-likeness (QED) is 0.580. The van der Waals surface area contributed by atoms with E-state index < -0.39 is 0 Å². The maximum absolute atomic E-state index is 12.3. The minimum atomic E-state index is -0.238. The number of benzene rings is 2. The molecule has 0 aliphatic heterocycles. The zero-order valence-corrected chi connectivity index (χ0v) is 17.6. The second-order valence-electron chi connectivity index (χ2n) is 6.66. The second-order valence-corrected chi connectivity index (χ2v) is 6.66. The number of hydrogen-bond acceptors (Lipinski definition) is 7. The van der Waals surface area contributed by atoms with Gasteiger partial charge in [0, 0.05) is 31.0 Å². The SMILES string of the molecule is CCOc1ccc(-c2nnn(CC(=O)Nc3ccc(N(C)C)cc3)n2)cc1OCC. The molecule has 1 heterocycles. The number of rotatable bonds is 9. The van der Waals surface area contributed by atoms with Crippen molar-refractivity contribution in [1.82, 2.24) is 20.2 Å². The first-order valence-corrected chi connectivity index (χ1v) is 9.75. The van der Waals surface area contributed by atoms with Crippen molar-refractivity contribution in [1.29, 1.82) is 0 Å². The van der Waals surface area contributed by atoms with Crippen LogP contribution in [-0.4, -0.2) is 53.4 Å². The van der Waals surface area contributed by atoms with Gasteiger partial charge in [-0.1, -0.05) is 0 Å². The van der Waals surface area contributed by atoms with Gasteiger partial charge in [-0.2, -0.15) is 4.80 Å². The van der Waals surface area contributed by atoms with Gasteiger partial charge in [0.1, 0.15) is 6.54 Å². The number of ether oxygens (including phenoxy) is 2. The standard InChI is InChI=1S/C21H26N6O3/c1-5-29-18-12-7-15(13-19(18)30-6-2)21-23-25-27(24-21)14-20(28)22-16-8-10-17(11-9-16)26(3)4/h7-13H,5-6,14H2,1-4H3,(H,22,28). The Kier molecular flexibility index (Phi) is 6.84. The van der Waals surface area contributed by atoms with Gasteiger partial charge in [0.05, 0.1) is 13.2 Å². The molecule has 1 aromatic heterocycles. The number of nitrogens with zero attached hydrogens (tertiary/aromatic N) is 5. The van der Waals surface area contributed by atoms with Crippen LogP contribution in [0, 0.1) is 0 Å². The molecule has 0 fully saturated rings. The monoisotopic (exact) mass is 410 g/mol. The summed E-state index contributed by atoms with van der Waals surface area (Å²) in [5.74, 6) is 1.45. The lowest BCUT2D eigenvalue weighted by Crippen LogP contribution is -2.20. The van der Waals surface area contributed by atoms with E-state index in [0.717, 1.165) is 11.3 Å². The van der Waals surface area contributed by atoms with Crippen molar-refractivity contribution in [3.63, 3.8) is 0 Å². The first-order valence-electron chi connectivity index (χ1n) is 9.75. The summed E-state index contributed by atoms with van der Waals surface area (Å²) >= 11 is 0. The van der Waals surface area contributed by atoms with E-state index in [1.54, 1.807) is 0 Å². The lowest BCUT2D eigenvalue weighted by atomic mass is 10.2. The highest BCUT2D eigenvalue weighted by molar-refractivity contribution is 5.90. The molecular weight excluding hydrogens is 384 g/mol. The van der Waals surface area contributed by atoms with Crippen LogP contribution >= 0.6 is 0 Å². The first kappa shape index (κ1) is 21.1. The molecule has 0 aliphatic rings. The largest absolute Gasteiger partial charge is 0.490 e. The van der Waals surface area contributed by atoms with Crippen LogP contribution in [0.4, 0.5) is 11.4 Å². The molecule has 0 aliphatic carbocycles. The van der Waals surface area contributed by atoms with Crippen molar-refractivity contribution in [2.45, 2.75) is 20.4 Å². The molecule has 9 nitrogen and oxygen atoms in total. The highest BCUT2D eigenvalue weighted by Crippen LogP contribution is 2.31. The fraction of sp³-hybridized carbons (Fsp3) is 0.333. The number of nitrogens with one attached hydrogen (secondary N) is 1. The second kappa shape index (κ2) is 9.73. The topological polar surface area (TPSA) is 94.4 Å².